The summed E-state index contributed by atoms with van der Waals surface area (Å²) in [6.07, 6.45) is 1.90. The van der Waals surface area contributed by atoms with Crippen molar-refractivity contribution in [2.45, 2.75) is 39.7 Å². The standard InChI is InChI=1S/C14H20N2OS/c1-4-11(5-2)16-14(17)13-9-10(3)12(18-13)7-6-8-15/h9,11H,4-5,8,15H2,1-3H3,(H,16,17). The van der Waals surface area contributed by atoms with Crippen LogP contribution in [0.5, 0.6) is 0 Å². The van der Waals surface area contributed by atoms with E-state index in [0.29, 0.717) is 6.54 Å². The van der Waals surface area contributed by atoms with Crippen molar-refractivity contribution in [3.05, 3.63) is 21.4 Å². The van der Waals surface area contributed by atoms with Crippen LogP contribution in [-0.4, -0.2) is 18.5 Å². The first-order valence-electron chi connectivity index (χ1n) is 6.22. The molecule has 1 aromatic heterocycles. The van der Waals surface area contributed by atoms with Crippen LogP contribution in [0, 0.1) is 18.8 Å². The highest BCUT2D eigenvalue weighted by molar-refractivity contribution is 7.14. The summed E-state index contributed by atoms with van der Waals surface area (Å²) in [5, 5.41) is 3.03. The third-order valence-corrected chi connectivity index (χ3v) is 3.92. The number of thiophene rings is 1. The lowest BCUT2D eigenvalue weighted by atomic mass is 10.1. The highest BCUT2D eigenvalue weighted by Gasteiger charge is 2.14. The van der Waals surface area contributed by atoms with Crippen molar-refractivity contribution in [1.29, 1.82) is 0 Å². The number of amides is 1. The van der Waals surface area contributed by atoms with Gasteiger partial charge in [0.15, 0.2) is 0 Å². The van der Waals surface area contributed by atoms with Crippen LogP contribution in [0.1, 0.15) is 46.8 Å². The molecule has 18 heavy (non-hydrogen) atoms. The van der Waals surface area contributed by atoms with Crippen molar-refractivity contribution in [3.8, 4) is 11.8 Å². The quantitative estimate of drug-likeness (QED) is 0.820. The summed E-state index contributed by atoms with van der Waals surface area (Å²) in [4.78, 5) is 13.7. The molecule has 0 bridgehead atoms. The average molecular weight is 264 g/mol. The van der Waals surface area contributed by atoms with Crippen molar-refractivity contribution in [2.75, 3.05) is 6.54 Å². The largest absolute Gasteiger partial charge is 0.349 e. The number of nitrogens with two attached hydrogens (primary N) is 1. The lowest BCUT2D eigenvalue weighted by Gasteiger charge is -2.13. The van der Waals surface area contributed by atoms with Crippen LogP contribution >= 0.6 is 11.3 Å². The molecule has 1 aromatic rings. The molecule has 0 aromatic carbocycles. The molecule has 0 saturated heterocycles. The molecule has 0 radical (unpaired) electrons. The van der Waals surface area contributed by atoms with E-state index in [1.54, 1.807) is 0 Å². The normalized spacial score (nSPS) is 10.1. The molecule has 0 fully saturated rings. The fourth-order valence-corrected chi connectivity index (χ4v) is 2.55. The highest BCUT2D eigenvalue weighted by atomic mass is 32.1. The number of aryl methyl sites for hydroxylation is 1. The minimum atomic E-state index is -0.00222. The Kier molecular flexibility index (Phi) is 5.90. The Morgan fingerprint density at radius 2 is 2.17 bits per heavy atom. The molecule has 3 nitrogen and oxygen atoms in total. The number of hydrogen-bond acceptors (Lipinski definition) is 3. The second kappa shape index (κ2) is 7.20. The molecule has 0 aliphatic heterocycles. The Morgan fingerprint density at radius 1 is 1.50 bits per heavy atom. The average Bonchev–Trinajstić information content (AvgIpc) is 2.74. The second-order valence-electron chi connectivity index (χ2n) is 4.12. The fourth-order valence-electron chi connectivity index (χ4n) is 1.60. The lowest BCUT2D eigenvalue weighted by Crippen LogP contribution is -2.33. The van der Waals surface area contributed by atoms with Crippen molar-refractivity contribution in [3.63, 3.8) is 0 Å². The van der Waals surface area contributed by atoms with Crippen LogP contribution in [0.3, 0.4) is 0 Å². The van der Waals surface area contributed by atoms with Crippen LogP contribution in [-0.2, 0) is 0 Å². The summed E-state index contributed by atoms with van der Waals surface area (Å²) in [5.41, 5.74) is 6.38. The Bertz CT molecular complexity index is 464. The molecule has 0 atom stereocenters. The van der Waals surface area contributed by atoms with Gasteiger partial charge in [0.05, 0.1) is 16.3 Å². The number of rotatable bonds is 4. The van der Waals surface area contributed by atoms with E-state index in [4.69, 9.17) is 5.73 Å². The van der Waals surface area contributed by atoms with E-state index < -0.39 is 0 Å². The Hall–Kier alpha value is -1.31. The number of nitrogens with one attached hydrogen (secondary N) is 1. The third kappa shape index (κ3) is 3.86. The minimum Gasteiger partial charge on any atom is -0.349 e. The van der Waals surface area contributed by atoms with Crippen molar-refractivity contribution in [2.24, 2.45) is 5.73 Å². The molecule has 1 amide bonds. The van der Waals surface area contributed by atoms with Gasteiger partial charge in [0.2, 0.25) is 0 Å². The van der Waals surface area contributed by atoms with Crippen LogP contribution < -0.4 is 11.1 Å². The SMILES string of the molecule is CCC(CC)NC(=O)c1cc(C)c(C#CCN)s1. The third-order valence-electron chi connectivity index (χ3n) is 2.77. The van der Waals surface area contributed by atoms with Crippen LogP contribution in [0.25, 0.3) is 0 Å². The first-order chi connectivity index (χ1) is 8.62. The van der Waals surface area contributed by atoms with E-state index in [0.717, 1.165) is 28.2 Å². The van der Waals surface area contributed by atoms with E-state index in [2.05, 4.69) is 31.0 Å². The van der Waals surface area contributed by atoms with Crippen molar-refractivity contribution in [1.82, 2.24) is 5.32 Å². The zero-order valence-electron chi connectivity index (χ0n) is 11.2. The summed E-state index contributed by atoms with van der Waals surface area (Å²) >= 11 is 1.43. The molecule has 98 valence electrons. The molecule has 0 aliphatic rings. The number of hydrogen-bond donors (Lipinski definition) is 2. The molecule has 0 saturated carbocycles. The van der Waals surface area contributed by atoms with Gasteiger partial charge in [-0.2, -0.15) is 0 Å². The van der Waals surface area contributed by atoms with Crippen LogP contribution in [0.4, 0.5) is 0 Å². The molecule has 0 spiro atoms. The van der Waals surface area contributed by atoms with Gasteiger partial charge in [-0.1, -0.05) is 25.7 Å². The summed E-state index contributed by atoms with van der Waals surface area (Å²) in [5.74, 6) is 5.81. The minimum absolute atomic E-state index is 0.00222. The van der Waals surface area contributed by atoms with Gasteiger partial charge in [-0.25, -0.2) is 0 Å². The molecule has 1 rings (SSSR count). The van der Waals surface area contributed by atoms with Gasteiger partial charge in [-0.05, 0) is 31.4 Å². The molecular weight excluding hydrogens is 244 g/mol. The summed E-state index contributed by atoms with van der Waals surface area (Å²) < 4.78 is 0. The molecule has 1 heterocycles. The van der Waals surface area contributed by atoms with E-state index >= 15 is 0 Å². The number of carbonyl (C=O) groups excluding carboxylic acids is 1. The second-order valence-corrected chi connectivity index (χ2v) is 5.17. The van der Waals surface area contributed by atoms with Crippen molar-refractivity contribution >= 4 is 17.2 Å². The Labute approximate surface area is 113 Å². The predicted octanol–water partition coefficient (Wildman–Crippen LogP) is 2.29. The van der Waals surface area contributed by atoms with E-state index in [1.807, 2.05) is 13.0 Å². The van der Waals surface area contributed by atoms with Crippen LogP contribution in [0.15, 0.2) is 6.07 Å². The van der Waals surface area contributed by atoms with Gasteiger partial charge in [-0.3, -0.25) is 4.79 Å². The first-order valence-corrected chi connectivity index (χ1v) is 7.04. The predicted molar refractivity (Wildman–Crippen MR) is 76.8 cm³/mol. The maximum atomic E-state index is 12.0. The van der Waals surface area contributed by atoms with E-state index in [1.165, 1.54) is 11.3 Å². The van der Waals surface area contributed by atoms with E-state index in [9.17, 15) is 4.79 Å². The van der Waals surface area contributed by atoms with Gasteiger partial charge < -0.3 is 11.1 Å². The highest BCUT2D eigenvalue weighted by Crippen LogP contribution is 2.21. The zero-order valence-corrected chi connectivity index (χ0v) is 12.0. The van der Waals surface area contributed by atoms with Crippen LogP contribution in [0.2, 0.25) is 0 Å². The molecule has 0 unspecified atom stereocenters. The summed E-state index contributed by atoms with van der Waals surface area (Å²) in [6.45, 7) is 6.45. The Morgan fingerprint density at radius 3 is 2.72 bits per heavy atom. The maximum absolute atomic E-state index is 12.0. The van der Waals surface area contributed by atoms with Gasteiger partial charge in [0.1, 0.15) is 0 Å². The topological polar surface area (TPSA) is 55.1 Å². The molecule has 0 aliphatic carbocycles. The maximum Gasteiger partial charge on any atom is 0.261 e. The molecule has 3 N–H and O–H groups in total. The smallest absolute Gasteiger partial charge is 0.261 e. The van der Waals surface area contributed by atoms with Crippen molar-refractivity contribution < 1.29 is 4.79 Å². The monoisotopic (exact) mass is 264 g/mol. The Balaban J connectivity index is 2.81. The van der Waals surface area contributed by atoms with Gasteiger partial charge >= 0.3 is 0 Å². The summed E-state index contributed by atoms with van der Waals surface area (Å²) in [6, 6.07) is 2.14. The van der Waals surface area contributed by atoms with Gasteiger partial charge in [0, 0.05) is 6.04 Å². The van der Waals surface area contributed by atoms with Gasteiger partial charge in [0.25, 0.3) is 5.91 Å². The van der Waals surface area contributed by atoms with E-state index in [-0.39, 0.29) is 11.9 Å². The summed E-state index contributed by atoms with van der Waals surface area (Å²) in [7, 11) is 0. The molecule has 4 heteroatoms. The molecular formula is C14H20N2OS. The first kappa shape index (κ1) is 14.7. The zero-order chi connectivity index (χ0) is 13.5. The van der Waals surface area contributed by atoms with Gasteiger partial charge in [-0.15, -0.1) is 11.3 Å². The number of carbonyl (C=O) groups is 1. The lowest BCUT2D eigenvalue weighted by molar-refractivity contribution is 0.0939. The fraction of sp³-hybridized carbons (Fsp3) is 0.500.